The van der Waals surface area contributed by atoms with Crippen LogP contribution in [-0.2, 0) is 67.6 Å². The van der Waals surface area contributed by atoms with E-state index in [0.29, 0.717) is 8.61 Å². The molecule has 66 heavy (non-hydrogen) atoms. The molecule has 0 spiro atoms. The van der Waals surface area contributed by atoms with E-state index in [1.54, 1.807) is 41.5 Å². The minimum absolute atomic E-state index is 0.313. The number of nitrogens with zero attached hydrogens (tertiary/aromatic N) is 4. The van der Waals surface area contributed by atoms with Gasteiger partial charge in [0.25, 0.3) is 31.4 Å². The molecule has 0 saturated heterocycles. The molecule has 0 heterocycles. The van der Waals surface area contributed by atoms with Crippen LogP contribution >= 0.6 is 0 Å². The largest absolute Gasteiger partial charge is 0.460 e. The van der Waals surface area contributed by atoms with Gasteiger partial charge in [-0.05, 0) is 95.2 Å². The summed E-state index contributed by atoms with van der Waals surface area (Å²) in [6, 6.07) is 5.03. The maximum atomic E-state index is 14.3. The number of hydrogen-bond acceptors (Lipinski definition) is 18. The molecule has 2 rings (SSSR count). The minimum Gasteiger partial charge on any atom is -0.460 e. The molecule has 0 unspecified atom stereocenters. The zero-order chi connectivity index (χ0) is 50.6. The van der Waals surface area contributed by atoms with Gasteiger partial charge in [-0.25, -0.2) is 16.8 Å². The molecule has 0 radical (unpaired) electrons. The zero-order valence-corrected chi connectivity index (χ0v) is 41.0. The van der Waals surface area contributed by atoms with Crippen molar-refractivity contribution in [2.45, 2.75) is 140 Å². The highest BCUT2D eigenvalue weighted by atomic mass is 32.2. The molecule has 0 aliphatic rings. The van der Waals surface area contributed by atoms with E-state index >= 15 is 0 Å². The fourth-order valence-electron chi connectivity index (χ4n) is 5.85. The third kappa shape index (κ3) is 18.3. The van der Waals surface area contributed by atoms with Crippen LogP contribution in [-0.4, -0.2) is 133 Å². The van der Waals surface area contributed by atoms with Crippen molar-refractivity contribution in [3.63, 3.8) is 0 Å². The summed E-state index contributed by atoms with van der Waals surface area (Å²) in [6.07, 6.45) is -1.70. The van der Waals surface area contributed by atoms with E-state index < -0.39 is 149 Å². The Morgan fingerprint density at radius 3 is 1.08 bits per heavy atom. The number of carbonyl (C=O) groups excluding carboxylic acids is 4. The monoisotopic (exact) mass is 974 g/mol. The first kappa shape index (κ1) is 57.0. The molecule has 370 valence electrons. The highest BCUT2D eigenvalue weighted by Gasteiger charge is 2.44. The van der Waals surface area contributed by atoms with Crippen molar-refractivity contribution in [1.82, 2.24) is 8.61 Å². The van der Waals surface area contributed by atoms with Gasteiger partial charge in [0, 0.05) is 25.2 Å². The lowest BCUT2D eigenvalue weighted by atomic mass is 10.1. The van der Waals surface area contributed by atoms with Crippen molar-refractivity contribution in [2.75, 3.05) is 39.5 Å². The number of para-hydroxylation sites is 2. The smallest absolute Gasteiger partial charge is 0.325 e. The van der Waals surface area contributed by atoms with Crippen LogP contribution in [0, 0.1) is 20.2 Å². The van der Waals surface area contributed by atoms with E-state index in [0.717, 1.165) is 24.3 Å². The van der Waals surface area contributed by atoms with Crippen molar-refractivity contribution < 1.29 is 74.3 Å². The van der Waals surface area contributed by atoms with Gasteiger partial charge >= 0.3 is 23.9 Å². The fraction of sp³-hybridized carbons (Fsp3) is 0.619. The van der Waals surface area contributed by atoms with Crippen LogP contribution in [0.3, 0.4) is 0 Å². The molecule has 0 fully saturated rings. The highest BCUT2D eigenvalue weighted by molar-refractivity contribution is 7.89. The minimum atomic E-state index is -4.97. The van der Waals surface area contributed by atoms with Gasteiger partial charge in [-0.3, -0.25) is 39.4 Å². The average Bonchev–Trinajstić information content (AvgIpc) is 3.14. The van der Waals surface area contributed by atoms with Crippen molar-refractivity contribution in [3.05, 3.63) is 68.8 Å². The van der Waals surface area contributed by atoms with E-state index in [2.05, 4.69) is 0 Å². The summed E-state index contributed by atoms with van der Waals surface area (Å²) in [5, 5.41) is 23.9. The van der Waals surface area contributed by atoms with Crippen LogP contribution in [0.4, 0.5) is 11.4 Å². The Balaban J connectivity index is 2.47. The number of benzene rings is 2. The predicted molar refractivity (Wildman–Crippen MR) is 236 cm³/mol. The molecule has 0 amide bonds. The Morgan fingerprint density at radius 2 is 0.803 bits per heavy atom. The van der Waals surface area contributed by atoms with Crippen molar-refractivity contribution >= 4 is 55.3 Å². The average molecular weight is 975 g/mol. The SMILES string of the molecule is CC(C)(C)OC(=O)C[C@@H](C(=O)OC(C)(C)C)N(CCOCCOCCN([C@@H](CC(=O)OC(C)(C)C)C(=O)OC(C)(C)C)S(=O)(=O)c1ccccc1[N+](=O)[O-])S(=O)(=O)c1ccccc1[N+](=O)[O-]. The summed E-state index contributed by atoms with van der Waals surface area (Å²) in [4.78, 5) is 74.1. The fourth-order valence-corrected chi connectivity index (χ4v) is 9.29. The Kier molecular flexibility index (Phi) is 19.9. The standard InChI is InChI=1S/C42H62N4O18S2/c1-39(2,3)61-35(47)27-31(37(49)63-41(7,8)9)43(65(55,56)33-19-15-13-17-29(33)45(51)52)21-23-59-25-26-60-24-22-44(66(57,58)34-20-16-14-18-30(34)46(53)54)32(38(50)64-42(10,11)12)28-36(48)62-40(4,5)6/h13-20,31-32H,21-28H2,1-12H3/t31-,32-/m0/s1. The maximum Gasteiger partial charge on any atom is 0.325 e. The first-order valence-corrected chi connectivity index (χ1v) is 23.5. The molecule has 0 aromatic heterocycles. The quantitative estimate of drug-likeness (QED) is 0.0460. The summed E-state index contributed by atoms with van der Waals surface area (Å²) in [5.41, 5.74) is -6.05. The molecule has 0 N–H and O–H groups in total. The van der Waals surface area contributed by atoms with Crippen LogP contribution < -0.4 is 0 Å². The van der Waals surface area contributed by atoms with Crippen LogP contribution in [0.5, 0.6) is 0 Å². The maximum absolute atomic E-state index is 14.3. The van der Waals surface area contributed by atoms with Crippen molar-refractivity contribution in [2.24, 2.45) is 0 Å². The molecular weight excluding hydrogens is 913 g/mol. The van der Waals surface area contributed by atoms with E-state index in [9.17, 15) is 56.2 Å². The van der Waals surface area contributed by atoms with Gasteiger partial charge < -0.3 is 28.4 Å². The summed E-state index contributed by atoms with van der Waals surface area (Å²) in [7, 11) is -9.94. The highest BCUT2D eigenvalue weighted by Crippen LogP contribution is 2.31. The van der Waals surface area contributed by atoms with Gasteiger partial charge in [-0.1, -0.05) is 24.3 Å². The van der Waals surface area contributed by atoms with E-state index in [1.807, 2.05) is 0 Å². The molecule has 24 heteroatoms. The third-order valence-electron chi connectivity index (χ3n) is 8.19. The second kappa shape index (κ2) is 23.0. The second-order valence-electron chi connectivity index (χ2n) is 18.6. The predicted octanol–water partition coefficient (Wildman–Crippen LogP) is 5.10. The van der Waals surface area contributed by atoms with Gasteiger partial charge in [-0.2, -0.15) is 8.61 Å². The summed E-state index contributed by atoms with van der Waals surface area (Å²) < 4.78 is 91.3. The van der Waals surface area contributed by atoms with Gasteiger partial charge in [0.2, 0.25) is 0 Å². The molecule has 2 aromatic carbocycles. The number of ether oxygens (including phenoxy) is 6. The first-order chi connectivity index (χ1) is 30.1. The lowest BCUT2D eigenvalue weighted by molar-refractivity contribution is -0.388. The number of hydrogen-bond donors (Lipinski definition) is 0. The number of carbonyl (C=O) groups is 4. The van der Waals surface area contributed by atoms with Gasteiger partial charge in [0.1, 0.15) is 34.5 Å². The lowest BCUT2D eigenvalue weighted by Crippen LogP contribution is -2.50. The Morgan fingerprint density at radius 1 is 0.515 bits per heavy atom. The molecule has 0 aliphatic carbocycles. The van der Waals surface area contributed by atoms with Gasteiger partial charge in [-0.15, -0.1) is 0 Å². The molecular formula is C42H62N4O18S2. The molecule has 0 saturated carbocycles. The van der Waals surface area contributed by atoms with E-state index in [1.165, 1.54) is 65.8 Å². The summed E-state index contributed by atoms with van der Waals surface area (Å²) in [5.74, 6) is -4.27. The number of sulfonamides is 2. The molecule has 0 bridgehead atoms. The Hall–Kier alpha value is -5.14. The second-order valence-corrected chi connectivity index (χ2v) is 22.3. The molecule has 0 aliphatic heterocycles. The summed E-state index contributed by atoms with van der Waals surface area (Å²) >= 11 is 0. The number of nitro groups is 2. The van der Waals surface area contributed by atoms with Crippen LogP contribution in [0.25, 0.3) is 0 Å². The zero-order valence-electron chi connectivity index (χ0n) is 39.4. The van der Waals surface area contributed by atoms with Crippen molar-refractivity contribution in [1.29, 1.82) is 0 Å². The van der Waals surface area contributed by atoms with E-state index in [-0.39, 0.29) is 13.2 Å². The van der Waals surface area contributed by atoms with Gasteiger partial charge in [0.05, 0.1) is 49.1 Å². The molecule has 22 nitrogen and oxygen atoms in total. The summed E-state index contributed by atoms with van der Waals surface area (Å²) in [6.45, 7) is 15.5. The molecule has 2 atom stereocenters. The van der Waals surface area contributed by atoms with E-state index in [4.69, 9.17) is 28.4 Å². The van der Waals surface area contributed by atoms with Crippen LogP contribution in [0.15, 0.2) is 58.3 Å². The number of esters is 4. The molecule has 2 aromatic rings. The van der Waals surface area contributed by atoms with Crippen LogP contribution in [0.2, 0.25) is 0 Å². The van der Waals surface area contributed by atoms with Crippen molar-refractivity contribution in [3.8, 4) is 0 Å². The topological polar surface area (TPSA) is 285 Å². The third-order valence-corrected chi connectivity index (χ3v) is 12.1. The lowest BCUT2D eigenvalue weighted by Gasteiger charge is -2.32. The normalized spacial score (nSPS) is 13.7. The Bertz CT molecular complexity index is 2120. The van der Waals surface area contributed by atoms with Crippen LogP contribution in [0.1, 0.15) is 95.9 Å². The number of rotatable bonds is 23. The van der Waals surface area contributed by atoms with Gasteiger partial charge in [0.15, 0.2) is 9.79 Å². The number of nitro benzene ring substituents is 2. The first-order valence-electron chi connectivity index (χ1n) is 20.6. The Labute approximate surface area is 385 Å².